The molecule has 0 aliphatic rings. The molecule has 0 heterocycles. The van der Waals surface area contributed by atoms with Gasteiger partial charge in [0.25, 0.3) is 0 Å². The van der Waals surface area contributed by atoms with Crippen molar-refractivity contribution in [2.45, 2.75) is 18.2 Å². The highest BCUT2D eigenvalue weighted by Crippen LogP contribution is 2.16. The Hall–Kier alpha value is -1.46. The summed E-state index contributed by atoms with van der Waals surface area (Å²) < 4.78 is 45.0. The lowest BCUT2D eigenvalue weighted by Gasteiger charge is -2.08. The SMILES string of the molecule is CCOCCNS(=O)(=O)c1ccc(F)cc1C#CCCO. The van der Waals surface area contributed by atoms with E-state index >= 15 is 0 Å². The molecule has 0 fully saturated rings. The predicted octanol–water partition coefficient (Wildman–Crippen LogP) is 0.874. The summed E-state index contributed by atoms with van der Waals surface area (Å²) in [6.45, 7) is 2.54. The standard InChI is InChI=1S/C14H18FNO4S/c1-2-20-10-8-16-21(18,19)14-7-6-13(15)11-12(14)5-3-4-9-17/h6-7,11,16-17H,2,4,8-10H2,1H3. The normalized spacial score (nSPS) is 11.0. The quantitative estimate of drug-likeness (QED) is 0.578. The van der Waals surface area contributed by atoms with E-state index in [1.807, 2.05) is 6.92 Å². The van der Waals surface area contributed by atoms with Gasteiger partial charge in [0.1, 0.15) is 5.82 Å². The average Bonchev–Trinajstić information content (AvgIpc) is 2.44. The van der Waals surface area contributed by atoms with Crippen LogP contribution in [0.5, 0.6) is 0 Å². The lowest BCUT2D eigenvalue weighted by atomic mass is 10.2. The smallest absolute Gasteiger partial charge is 0.241 e. The van der Waals surface area contributed by atoms with Crippen LogP contribution in [0.1, 0.15) is 18.9 Å². The highest BCUT2D eigenvalue weighted by molar-refractivity contribution is 7.89. The van der Waals surface area contributed by atoms with Crippen LogP contribution >= 0.6 is 0 Å². The number of benzene rings is 1. The molecule has 0 aromatic heterocycles. The van der Waals surface area contributed by atoms with Crippen molar-refractivity contribution in [3.05, 3.63) is 29.6 Å². The molecule has 116 valence electrons. The van der Waals surface area contributed by atoms with Crippen LogP contribution in [0.2, 0.25) is 0 Å². The molecule has 0 radical (unpaired) electrons. The Bertz CT molecular complexity index is 620. The molecule has 1 rings (SSSR count). The first-order chi connectivity index (χ1) is 10.0. The molecule has 2 N–H and O–H groups in total. The summed E-state index contributed by atoms with van der Waals surface area (Å²) >= 11 is 0. The summed E-state index contributed by atoms with van der Waals surface area (Å²) in [4.78, 5) is -0.0918. The van der Waals surface area contributed by atoms with Crippen LogP contribution in [-0.2, 0) is 14.8 Å². The molecule has 0 atom stereocenters. The second-order valence-electron chi connectivity index (χ2n) is 4.01. The number of aliphatic hydroxyl groups is 1. The number of hydrogen-bond acceptors (Lipinski definition) is 4. The summed E-state index contributed by atoms with van der Waals surface area (Å²) in [6, 6.07) is 3.29. The molecule has 7 heteroatoms. The fourth-order valence-corrected chi connectivity index (χ4v) is 2.67. The molecule has 5 nitrogen and oxygen atoms in total. The number of hydrogen-bond donors (Lipinski definition) is 2. The number of ether oxygens (including phenoxy) is 1. The number of nitrogens with one attached hydrogen (secondary N) is 1. The van der Waals surface area contributed by atoms with Crippen molar-refractivity contribution in [3.8, 4) is 11.8 Å². The highest BCUT2D eigenvalue weighted by atomic mass is 32.2. The Balaban J connectivity index is 2.97. The third-order valence-electron chi connectivity index (χ3n) is 2.43. The van der Waals surface area contributed by atoms with Crippen LogP contribution in [0.25, 0.3) is 0 Å². The minimum absolute atomic E-state index is 0.0624. The van der Waals surface area contributed by atoms with Crippen molar-refractivity contribution in [2.24, 2.45) is 0 Å². The van der Waals surface area contributed by atoms with Crippen LogP contribution in [-0.4, -0.2) is 39.9 Å². The lowest BCUT2D eigenvalue weighted by Crippen LogP contribution is -2.28. The molecule has 0 amide bonds. The predicted molar refractivity (Wildman–Crippen MR) is 76.7 cm³/mol. The van der Waals surface area contributed by atoms with E-state index in [1.54, 1.807) is 0 Å². The molecule has 0 saturated heterocycles. The second kappa shape index (κ2) is 8.74. The maximum absolute atomic E-state index is 13.2. The van der Waals surface area contributed by atoms with Crippen LogP contribution < -0.4 is 4.72 Å². The van der Waals surface area contributed by atoms with Gasteiger partial charge < -0.3 is 9.84 Å². The largest absolute Gasteiger partial charge is 0.395 e. The number of halogens is 1. The van der Waals surface area contributed by atoms with Crippen molar-refractivity contribution in [2.75, 3.05) is 26.4 Å². The van der Waals surface area contributed by atoms with E-state index < -0.39 is 15.8 Å². The van der Waals surface area contributed by atoms with Gasteiger partial charge in [-0.3, -0.25) is 0 Å². The van der Waals surface area contributed by atoms with Crippen molar-refractivity contribution >= 4 is 10.0 Å². The van der Waals surface area contributed by atoms with E-state index in [1.165, 1.54) is 6.07 Å². The van der Waals surface area contributed by atoms with E-state index in [0.29, 0.717) is 6.61 Å². The molecule has 0 spiro atoms. The Morgan fingerprint density at radius 2 is 2.19 bits per heavy atom. The molecule has 21 heavy (non-hydrogen) atoms. The first kappa shape index (κ1) is 17.6. The van der Waals surface area contributed by atoms with Gasteiger partial charge in [0.15, 0.2) is 0 Å². The van der Waals surface area contributed by atoms with Crippen LogP contribution in [0, 0.1) is 17.7 Å². The zero-order valence-electron chi connectivity index (χ0n) is 11.7. The van der Waals surface area contributed by atoms with Crippen molar-refractivity contribution < 1.29 is 22.7 Å². The average molecular weight is 315 g/mol. The maximum Gasteiger partial charge on any atom is 0.241 e. The van der Waals surface area contributed by atoms with Gasteiger partial charge in [-0.1, -0.05) is 11.8 Å². The summed E-state index contributed by atoms with van der Waals surface area (Å²) in [6.07, 6.45) is 0.188. The topological polar surface area (TPSA) is 75.6 Å². The van der Waals surface area contributed by atoms with Gasteiger partial charge in [0.05, 0.1) is 18.1 Å². The van der Waals surface area contributed by atoms with E-state index in [2.05, 4.69) is 16.6 Å². The van der Waals surface area contributed by atoms with Gasteiger partial charge in [-0.2, -0.15) is 0 Å². The Morgan fingerprint density at radius 3 is 2.86 bits per heavy atom. The fourth-order valence-electron chi connectivity index (χ4n) is 1.52. The molecular formula is C14H18FNO4S. The molecule has 0 aliphatic heterocycles. The lowest BCUT2D eigenvalue weighted by molar-refractivity contribution is 0.153. The summed E-state index contributed by atoms with van der Waals surface area (Å²) in [5, 5.41) is 8.67. The third kappa shape index (κ3) is 5.81. The minimum Gasteiger partial charge on any atom is -0.395 e. The molecule has 0 unspecified atom stereocenters. The van der Waals surface area contributed by atoms with Gasteiger partial charge in [-0.05, 0) is 25.1 Å². The first-order valence-corrected chi connectivity index (χ1v) is 7.96. The second-order valence-corrected chi connectivity index (χ2v) is 5.75. The molecule has 1 aromatic rings. The van der Waals surface area contributed by atoms with Crippen molar-refractivity contribution in [1.82, 2.24) is 4.72 Å². The number of aliphatic hydroxyl groups excluding tert-OH is 1. The first-order valence-electron chi connectivity index (χ1n) is 6.48. The Kier molecular flexibility index (Phi) is 7.32. The fraction of sp³-hybridized carbons (Fsp3) is 0.429. The number of sulfonamides is 1. The maximum atomic E-state index is 13.2. The van der Waals surface area contributed by atoms with Crippen molar-refractivity contribution in [3.63, 3.8) is 0 Å². The molecular weight excluding hydrogens is 297 g/mol. The zero-order chi connectivity index (χ0) is 15.7. The molecule has 1 aromatic carbocycles. The van der Waals surface area contributed by atoms with Crippen LogP contribution in [0.15, 0.2) is 23.1 Å². The van der Waals surface area contributed by atoms with E-state index in [4.69, 9.17) is 9.84 Å². The van der Waals surface area contributed by atoms with Crippen molar-refractivity contribution in [1.29, 1.82) is 0 Å². The number of rotatable bonds is 7. The van der Waals surface area contributed by atoms with Crippen LogP contribution in [0.4, 0.5) is 4.39 Å². The summed E-state index contributed by atoms with van der Waals surface area (Å²) in [5.74, 6) is 4.57. The Morgan fingerprint density at radius 1 is 1.43 bits per heavy atom. The van der Waals surface area contributed by atoms with Gasteiger partial charge in [0, 0.05) is 25.1 Å². The van der Waals surface area contributed by atoms with E-state index in [0.717, 1.165) is 12.1 Å². The van der Waals surface area contributed by atoms with Gasteiger partial charge in [0.2, 0.25) is 10.0 Å². The molecule has 0 bridgehead atoms. The van der Waals surface area contributed by atoms with Gasteiger partial charge >= 0.3 is 0 Å². The van der Waals surface area contributed by atoms with Gasteiger partial charge in [-0.15, -0.1) is 0 Å². The zero-order valence-corrected chi connectivity index (χ0v) is 12.5. The summed E-state index contributed by atoms with van der Waals surface area (Å²) in [5.41, 5.74) is 0.0624. The molecule has 0 aliphatic carbocycles. The van der Waals surface area contributed by atoms with E-state index in [9.17, 15) is 12.8 Å². The minimum atomic E-state index is -3.79. The highest BCUT2D eigenvalue weighted by Gasteiger charge is 2.17. The monoisotopic (exact) mass is 315 g/mol. The third-order valence-corrected chi connectivity index (χ3v) is 3.95. The van der Waals surface area contributed by atoms with Gasteiger partial charge in [-0.25, -0.2) is 17.5 Å². The summed E-state index contributed by atoms with van der Waals surface area (Å²) in [7, 11) is -3.79. The van der Waals surface area contributed by atoms with E-state index in [-0.39, 0.29) is 36.6 Å². The Labute approximate surface area is 124 Å². The van der Waals surface area contributed by atoms with Crippen LogP contribution in [0.3, 0.4) is 0 Å². The molecule has 0 saturated carbocycles.